The first kappa shape index (κ1) is 9.94. The number of para-hydroxylation sites is 1. The van der Waals surface area contributed by atoms with Gasteiger partial charge in [0.05, 0.1) is 15.2 Å². The number of rotatable bonds is 3. The molecular formula is C11H12ClNS. The molecule has 1 aromatic heterocycles. The highest BCUT2D eigenvalue weighted by molar-refractivity contribution is 7.18. The average molecular weight is 226 g/mol. The van der Waals surface area contributed by atoms with Gasteiger partial charge < -0.3 is 0 Å². The lowest BCUT2D eigenvalue weighted by atomic mass is 10.2. The van der Waals surface area contributed by atoms with Crippen molar-refractivity contribution >= 4 is 33.2 Å². The smallest absolute Gasteiger partial charge is 0.0953 e. The first-order valence-electron chi connectivity index (χ1n) is 4.78. The van der Waals surface area contributed by atoms with E-state index in [2.05, 4.69) is 18.0 Å². The van der Waals surface area contributed by atoms with Crippen LogP contribution in [0.4, 0.5) is 0 Å². The Morgan fingerprint density at radius 2 is 2.21 bits per heavy atom. The molecular weight excluding hydrogens is 214 g/mol. The number of halogens is 1. The molecule has 3 heteroatoms. The van der Waals surface area contributed by atoms with Crippen molar-refractivity contribution < 1.29 is 0 Å². The molecule has 0 aliphatic rings. The third kappa shape index (κ3) is 2.07. The predicted molar refractivity (Wildman–Crippen MR) is 63.3 cm³/mol. The number of benzene rings is 1. The molecule has 0 fully saturated rings. The molecule has 1 atom stereocenters. The molecule has 0 N–H and O–H groups in total. The van der Waals surface area contributed by atoms with Crippen LogP contribution < -0.4 is 0 Å². The molecule has 0 bridgehead atoms. The van der Waals surface area contributed by atoms with Crippen molar-refractivity contribution in [3.63, 3.8) is 0 Å². The summed E-state index contributed by atoms with van der Waals surface area (Å²) in [6.07, 6.45) is 1.88. The van der Waals surface area contributed by atoms with Crippen molar-refractivity contribution in [3.8, 4) is 0 Å². The van der Waals surface area contributed by atoms with Gasteiger partial charge >= 0.3 is 0 Å². The maximum absolute atomic E-state index is 6.09. The van der Waals surface area contributed by atoms with E-state index in [0.29, 0.717) is 0 Å². The molecule has 0 saturated carbocycles. The maximum Gasteiger partial charge on any atom is 0.0953 e. The Labute approximate surface area is 92.7 Å². The molecule has 74 valence electrons. The number of fused-ring (bicyclic) bond motifs is 1. The second kappa shape index (κ2) is 4.28. The second-order valence-electron chi connectivity index (χ2n) is 3.28. The van der Waals surface area contributed by atoms with Crippen LogP contribution in [-0.2, 0) is 6.42 Å². The number of thiazole rings is 1. The van der Waals surface area contributed by atoms with E-state index in [1.54, 1.807) is 11.3 Å². The lowest BCUT2D eigenvalue weighted by Gasteiger charge is -2.00. The lowest BCUT2D eigenvalue weighted by Crippen LogP contribution is -2.00. The van der Waals surface area contributed by atoms with Gasteiger partial charge in [0, 0.05) is 11.8 Å². The summed E-state index contributed by atoms with van der Waals surface area (Å²) in [4.78, 5) is 4.53. The van der Waals surface area contributed by atoms with Crippen molar-refractivity contribution in [2.45, 2.75) is 25.1 Å². The van der Waals surface area contributed by atoms with Crippen LogP contribution in [0.3, 0.4) is 0 Å². The number of hydrogen-bond acceptors (Lipinski definition) is 2. The Balaban J connectivity index is 2.27. The van der Waals surface area contributed by atoms with Crippen molar-refractivity contribution in [2.24, 2.45) is 0 Å². The molecule has 0 amide bonds. The normalized spacial score (nSPS) is 13.3. The van der Waals surface area contributed by atoms with E-state index in [-0.39, 0.29) is 5.38 Å². The van der Waals surface area contributed by atoms with Gasteiger partial charge in [0.2, 0.25) is 0 Å². The summed E-state index contributed by atoms with van der Waals surface area (Å²) in [6.45, 7) is 2.10. The molecule has 0 spiro atoms. The molecule has 1 nitrogen and oxygen atoms in total. The van der Waals surface area contributed by atoms with E-state index in [1.807, 2.05) is 18.2 Å². The molecule has 1 aromatic carbocycles. The van der Waals surface area contributed by atoms with Crippen LogP contribution in [0, 0.1) is 0 Å². The van der Waals surface area contributed by atoms with Crippen LogP contribution in [0.15, 0.2) is 24.3 Å². The largest absolute Gasteiger partial charge is 0.241 e. The minimum absolute atomic E-state index is 0.218. The van der Waals surface area contributed by atoms with Crippen molar-refractivity contribution in [1.29, 1.82) is 0 Å². The first-order valence-corrected chi connectivity index (χ1v) is 6.03. The van der Waals surface area contributed by atoms with Gasteiger partial charge in [-0.1, -0.05) is 19.1 Å². The highest BCUT2D eigenvalue weighted by Gasteiger charge is 2.07. The number of alkyl halides is 1. The summed E-state index contributed by atoms with van der Waals surface area (Å²) < 4.78 is 1.25. The van der Waals surface area contributed by atoms with Crippen molar-refractivity contribution in [2.75, 3.05) is 0 Å². The second-order valence-corrected chi connectivity index (χ2v) is 5.02. The van der Waals surface area contributed by atoms with Gasteiger partial charge in [-0.05, 0) is 18.6 Å². The van der Waals surface area contributed by atoms with Crippen molar-refractivity contribution in [1.82, 2.24) is 4.98 Å². The fourth-order valence-corrected chi connectivity index (χ4v) is 2.63. The molecule has 0 radical (unpaired) electrons. The lowest BCUT2D eigenvalue weighted by molar-refractivity contribution is 0.801. The van der Waals surface area contributed by atoms with Gasteiger partial charge in [-0.2, -0.15) is 0 Å². The number of nitrogens with zero attached hydrogens (tertiary/aromatic N) is 1. The first-order chi connectivity index (χ1) is 6.79. The Bertz CT molecular complexity index is 391. The summed E-state index contributed by atoms with van der Waals surface area (Å²) in [7, 11) is 0. The third-order valence-corrected chi connectivity index (χ3v) is 3.70. The highest BCUT2D eigenvalue weighted by Crippen LogP contribution is 2.23. The van der Waals surface area contributed by atoms with Crippen LogP contribution in [0.5, 0.6) is 0 Å². The molecule has 2 rings (SSSR count). The van der Waals surface area contributed by atoms with Crippen LogP contribution in [0.1, 0.15) is 18.4 Å². The van der Waals surface area contributed by atoms with Crippen LogP contribution >= 0.6 is 22.9 Å². The molecule has 0 aliphatic heterocycles. The van der Waals surface area contributed by atoms with E-state index >= 15 is 0 Å². The topological polar surface area (TPSA) is 12.9 Å². The molecule has 0 saturated heterocycles. The fraction of sp³-hybridized carbons (Fsp3) is 0.364. The number of aromatic nitrogens is 1. The Morgan fingerprint density at radius 3 is 2.93 bits per heavy atom. The minimum Gasteiger partial charge on any atom is -0.241 e. The van der Waals surface area contributed by atoms with E-state index in [9.17, 15) is 0 Å². The van der Waals surface area contributed by atoms with Crippen molar-refractivity contribution in [3.05, 3.63) is 29.3 Å². The zero-order valence-electron chi connectivity index (χ0n) is 8.03. The quantitative estimate of drug-likeness (QED) is 0.723. The summed E-state index contributed by atoms with van der Waals surface area (Å²) in [5.41, 5.74) is 1.09. The number of hydrogen-bond donors (Lipinski definition) is 0. The Morgan fingerprint density at radius 1 is 1.43 bits per heavy atom. The Kier molecular flexibility index (Phi) is 3.04. The molecule has 1 heterocycles. The summed E-state index contributed by atoms with van der Waals surface area (Å²) in [5.74, 6) is 0. The van der Waals surface area contributed by atoms with Gasteiger partial charge in [-0.15, -0.1) is 22.9 Å². The molecule has 0 aliphatic carbocycles. The standard InChI is InChI=1S/C11H12ClNS/c1-2-8(12)7-11-13-9-5-3-4-6-10(9)14-11/h3-6,8H,2,7H2,1H3. The third-order valence-electron chi connectivity index (χ3n) is 2.18. The molecule has 2 aromatic rings. The van der Waals surface area contributed by atoms with Gasteiger partial charge in [0.25, 0.3) is 0 Å². The van der Waals surface area contributed by atoms with E-state index in [1.165, 1.54) is 4.70 Å². The van der Waals surface area contributed by atoms with E-state index < -0.39 is 0 Å². The van der Waals surface area contributed by atoms with E-state index in [0.717, 1.165) is 23.4 Å². The summed E-state index contributed by atoms with van der Waals surface area (Å²) >= 11 is 7.84. The summed E-state index contributed by atoms with van der Waals surface area (Å²) in [5, 5.41) is 1.36. The van der Waals surface area contributed by atoms with Crippen LogP contribution in [-0.4, -0.2) is 10.4 Å². The zero-order chi connectivity index (χ0) is 9.97. The van der Waals surface area contributed by atoms with Gasteiger partial charge in [-0.3, -0.25) is 0 Å². The monoisotopic (exact) mass is 225 g/mol. The van der Waals surface area contributed by atoms with E-state index in [4.69, 9.17) is 11.6 Å². The minimum atomic E-state index is 0.218. The van der Waals surface area contributed by atoms with Gasteiger partial charge in [-0.25, -0.2) is 4.98 Å². The molecule has 14 heavy (non-hydrogen) atoms. The average Bonchev–Trinajstić information content (AvgIpc) is 2.59. The van der Waals surface area contributed by atoms with Crippen LogP contribution in [0.2, 0.25) is 0 Å². The molecule has 1 unspecified atom stereocenters. The fourth-order valence-electron chi connectivity index (χ4n) is 1.34. The van der Waals surface area contributed by atoms with Gasteiger partial charge in [0.15, 0.2) is 0 Å². The zero-order valence-corrected chi connectivity index (χ0v) is 9.61. The summed E-state index contributed by atoms with van der Waals surface area (Å²) in [6, 6.07) is 8.21. The maximum atomic E-state index is 6.09. The predicted octanol–water partition coefficient (Wildman–Crippen LogP) is 3.86. The van der Waals surface area contributed by atoms with Gasteiger partial charge in [0.1, 0.15) is 0 Å². The highest BCUT2D eigenvalue weighted by atomic mass is 35.5. The van der Waals surface area contributed by atoms with Crippen LogP contribution in [0.25, 0.3) is 10.2 Å². The SMILES string of the molecule is CCC(Cl)Cc1nc2ccccc2s1. The Hall–Kier alpha value is -0.600.